The molecule has 0 spiro atoms. The van der Waals surface area contributed by atoms with Crippen LogP contribution in [0.5, 0.6) is 5.75 Å². The SMILES string of the molecule is CC(C)Oc1cc(Cl)c(S(N)(=O)=O)cc1C1=NC(C)(c2ccc(Cl)cc2)C(C)(c2ccc(Cl)cc2)N1C(=O)N1CCC(CC(N)=O)CC1. The van der Waals surface area contributed by atoms with E-state index in [1.807, 2.05) is 52.0 Å². The number of piperidine rings is 1. The first kappa shape index (κ1) is 35.9. The third-order valence-electron chi connectivity index (χ3n) is 9.26. The van der Waals surface area contributed by atoms with Crippen molar-refractivity contribution in [3.63, 3.8) is 0 Å². The number of amidine groups is 1. The molecule has 0 aliphatic carbocycles. The van der Waals surface area contributed by atoms with Crippen molar-refractivity contribution in [2.75, 3.05) is 13.1 Å². The number of rotatable bonds is 8. The molecule has 0 aromatic heterocycles. The van der Waals surface area contributed by atoms with E-state index in [4.69, 9.17) is 55.4 Å². The van der Waals surface area contributed by atoms with E-state index >= 15 is 4.79 Å². The topological polar surface area (TPSA) is 148 Å². The zero-order chi connectivity index (χ0) is 35.2. The predicted octanol–water partition coefficient (Wildman–Crippen LogP) is 6.68. The Bertz CT molecular complexity index is 1860. The molecular formula is C34H38Cl3N5O5S. The standard InChI is InChI=1S/C34H38Cl3N5O5S/c1-20(2)47-28-19-27(37)29(48(39,45)46)18-26(28)31-40-33(3,22-5-9-24(35)10-6-22)34(4,23-7-11-25(36)12-8-23)42(31)32(44)41-15-13-21(14-16-41)17-30(38)43/h5-12,18-21H,13-17H2,1-4H3,(H2,38,43)(H2,39,45,46). The second-order valence-corrected chi connectivity index (χ2v) is 15.6. The third kappa shape index (κ3) is 6.76. The summed E-state index contributed by atoms with van der Waals surface area (Å²) in [6, 6.07) is 16.7. The fourth-order valence-electron chi connectivity index (χ4n) is 6.60. The highest BCUT2D eigenvalue weighted by Crippen LogP contribution is 2.54. The lowest BCUT2D eigenvalue weighted by Gasteiger charge is -2.47. The van der Waals surface area contributed by atoms with Crippen LogP contribution in [-0.2, 0) is 25.9 Å². The van der Waals surface area contributed by atoms with Gasteiger partial charge in [0.25, 0.3) is 0 Å². The smallest absolute Gasteiger partial charge is 0.326 e. The van der Waals surface area contributed by atoms with Crippen LogP contribution in [0.3, 0.4) is 0 Å². The molecule has 10 nitrogen and oxygen atoms in total. The van der Waals surface area contributed by atoms with Gasteiger partial charge < -0.3 is 15.4 Å². The van der Waals surface area contributed by atoms with Crippen molar-refractivity contribution in [1.82, 2.24) is 9.80 Å². The summed E-state index contributed by atoms with van der Waals surface area (Å²) in [6.07, 6.45) is 1.06. The molecule has 3 amide bonds. The van der Waals surface area contributed by atoms with Gasteiger partial charge in [0, 0.05) is 35.6 Å². The van der Waals surface area contributed by atoms with Crippen LogP contribution in [0.2, 0.25) is 15.1 Å². The maximum atomic E-state index is 15.0. The Morgan fingerprint density at radius 3 is 2.00 bits per heavy atom. The Hall–Kier alpha value is -3.35. The molecule has 14 heteroatoms. The summed E-state index contributed by atoms with van der Waals surface area (Å²) in [5, 5.41) is 6.51. The van der Waals surface area contributed by atoms with E-state index < -0.39 is 21.1 Å². The monoisotopic (exact) mass is 733 g/mol. The number of amides is 3. The van der Waals surface area contributed by atoms with Gasteiger partial charge in [-0.2, -0.15) is 0 Å². The van der Waals surface area contributed by atoms with Crippen molar-refractivity contribution in [2.45, 2.75) is 69.0 Å². The minimum Gasteiger partial charge on any atom is -0.490 e. The summed E-state index contributed by atoms with van der Waals surface area (Å²) in [5.74, 6) is 0.0537. The number of aliphatic imine (C=N–C) groups is 1. The molecule has 0 saturated carbocycles. The molecular weight excluding hydrogens is 697 g/mol. The van der Waals surface area contributed by atoms with Gasteiger partial charge >= 0.3 is 6.03 Å². The number of benzene rings is 3. The summed E-state index contributed by atoms with van der Waals surface area (Å²) in [7, 11) is -4.30. The van der Waals surface area contributed by atoms with Gasteiger partial charge in [-0.05, 0) is 87.9 Å². The summed E-state index contributed by atoms with van der Waals surface area (Å²) in [4.78, 5) is 35.0. The van der Waals surface area contributed by atoms with Crippen LogP contribution in [-0.4, -0.2) is 55.2 Å². The highest BCUT2D eigenvalue weighted by molar-refractivity contribution is 7.89. The lowest BCUT2D eigenvalue weighted by molar-refractivity contribution is -0.119. The number of likely N-dealkylation sites (tertiary alicyclic amines) is 1. The second kappa shape index (κ2) is 13.5. The molecule has 0 bridgehead atoms. The minimum atomic E-state index is -4.30. The van der Waals surface area contributed by atoms with Gasteiger partial charge in [0.05, 0.1) is 16.7 Å². The first-order valence-electron chi connectivity index (χ1n) is 15.5. The second-order valence-electron chi connectivity index (χ2n) is 12.8. The zero-order valence-electron chi connectivity index (χ0n) is 27.0. The van der Waals surface area contributed by atoms with Crippen LogP contribution in [0, 0.1) is 5.92 Å². The molecule has 5 rings (SSSR count). The number of primary amides is 1. The van der Waals surface area contributed by atoms with Crippen molar-refractivity contribution < 1.29 is 22.7 Å². The number of carbonyl (C=O) groups is 2. The maximum Gasteiger partial charge on any atom is 0.326 e. The number of ether oxygens (including phenoxy) is 1. The number of urea groups is 1. The van der Waals surface area contributed by atoms with E-state index in [0.29, 0.717) is 41.5 Å². The number of carbonyl (C=O) groups excluding carboxylic acids is 2. The average molecular weight is 735 g/mol. The number of nitrogens with two attached hydrogens (primary N) is 2. The van der Waals surface area contributed by atoms with Crippen molar-refractivity contribution >= 4 is 62.6 Å². The normalized spacial score (nSPS) is 21.8. The zero-order valence-corrected chi connectivity index (χ0v) is 30.1. The number of nitrogens with zero attached hydrogens (tertiary/aromatic N) is 3. The molecule has 3 aromatic carbocycles. The summed E-state index contributed by atoms with van der Waals surface area (Å²) < 4.78 is 31.7. The van der Waals surface area contributed by atoms with Gasteiger partial charge in [-0.1, -0.05) is 59.1 Å². The van der Waals surface area contributed by atoms with E-state index in [9.17, 15) is 13.2 Å². The van der Waals surface area contributed by atoms with E-state index in [1.54, 1.807) is 34.1 Å². The van der Waals surface area contributed by atoms with Gasteiger partial charge in [0.1, 0.15) is 27.6 Å². The Morgan fingerprint density at radius 2 is 1.50 bits per heavy atom. The van der Waals surface area contributed by atoms with Gasteiger partial charge in [-0.3, -0.25) is 14.7 Å². The van der Waals surface area contributed by atoms with Crippen LogP contribution in [0.25, 0.3) is 0 Å². The van der Waals surface area contributed by atoms with Crippen molar-refractivity contribution in [2.24, 2.45) is 21.8 Å². The maximum absolute atomic E-state index is 15.0. The van der Waals surface area contributed by atoms with Gasteiger partial charge in [0.2, 0.25) is 15.9 Å². The highest BCUT2D eigenvalue weighted by Gasteiger charge is 2.60. The van der Waals surface area contributed by atoms with E-state index in [-0.39, 0.29) is 57.4 Å². The van der Waals surface area contributed by atoms with Gasteiger partial charge in [-0.25, -0.2) is 18.4 Å². The number of sulfonamides is 1. The fourth-order valence-corrected chi connectivity index (χ4v) is 7.94. The van der Waals surface area contributed by atoms with Crippen molar-refractivity contribution in [3.05, 3.63) is 92.4 Å². The first-order chi connectivity index (χ1) is 22.5. The number of halogens is 3. The third-order valence-corrected chi connectivity index (χ3v) is 11.1. The molecule has 1 saturated heterocycles. The number of hydrogen-bond acceptors (Lipinski definition) is 6. The number of hydrogen-bond donors (Lipinski definition) is 2. The van der Waals surface area contributed by atoms with Crippen molar-refractivity contribution in [1.29, 1.82) is 0 Å². The van der Waals surface area contributed by atoms with Crippen LogP contribution in [0.1, 0.15) is 63.6 Å². The summed E-state index contributed by atoms with van der Waals surface area (Å²) >= 11 is 19.1. The van der Waals surface area contributed by atoms with Crippen molar-refractivity contribution in [3.8, 4) is 5.75 Å². The molecule has 3 aromatic rings. The molecule has 2 aliphatic rings. The highest BCUT2D eigenvalue weighted by atomic mass is 35.5. The molecule has 2 unspecified atom stereocenters. The van der Waals surface area contributed by atoms with E-state index in [0.717, 1.165) is 5.56 Å². The van der Waals surface area contributed by atoms with Crippen LogP contribution in [0.4, 0.5) is 4.79 Å². The van der Waals surface area contributed by atoms with Gasteiger partial charge in [-0.15, -0.1) is 0 Å². The molecule has 256 valence electrons. The van der Waals surface area contributed by atoms with E-state index in [1.165, 1.54) is 12.1 Å². The Morgan fingerprint density at radius 1 is 0.958 bits per heavy atom. The fraction of sp³-hybridized carbons (Fsp3) is 0.382. The first-order valence-corrected chi connectivity index (χ1v) is 18.2. The van der Waals surface area contributed by atoms with Crippen LogP contribution >= 0.6 is 34.8 Å². The summed E-state index contributed by atoms with van der Waals surface area (Å²) in [6.45, 7) is 8.20. The molecule has 1 fully saturated rings. The largest absolute Gasteiger partial charge is 0.490 e. The summed E-state index contributed by atoms with van der Waals surface area (Å²) in [5.41, 5.74) is 4.75. The predicted molar refractivity (Wildman–Crippen MR) is 188 cm³/mol. The Labute approximate surface area is 296 Å². The average Bonchev–Trinajstić information content (AvgIpc) is 3.24. The molecule has 48 heavy (non-hydrogen) atoms. The molecule has 2 atom stereocenters. The molecule has 0 radical (unpaired) electrons. The van der Waals surface area contributed by atoms with Crippen LogP contribution in [0.15, 0.2) is 70.6 Å². The van der Waals surface area contributed by atoms with E-state index in [2.05, 4.69) is 0 Å². The van der Waals surface area contributed by atoms with Crippen LogP contribution < -0.4 is 15.6 Å². The number of primary sulfonamides is 1. The Balaban J connectivity index is 1.80. The molecule has 4 N–H and O–H groups in total. The lowest BCUT2D eigenvalue weighted by atomic mass is 9.71. The molecule has 2 aliphatic heterocycles. The minimum absolute atomic E-state index is 0.0554. The molecule has 2 heterocycles. The van der Waals surface area contributed by atoms with Gasteiger partial charge in [0.15, 0.2) is 0 Å². The lowest BCUT2D eigenvalue weighted by Crippen LogP contribution is -2.59. The Kier molecular flexibility index (Phi) is 10.1. The quantitative estimate of drug-likeness (QED) is 0.265.